The van der Waals surface area contributed by atoms with Crippen LogP contribution >= 0.6 is 0 Å². The first-order chi connectivity index (χ1) is 10.0. The van der Waals surface area contributed by atoms with E-state index in [1.165, 1.54) is 36.4 Å². The average molecular weight is 287 g/mol. The molecule has 0 saturated heterocycles. The fourth-order valence-electron chi connectivity index (χ4n) is 1.77. The molecule has 0 heterocycles. The van der Waals surface area contributed by atoms with E-state index in [4.69, 9.17) is 10.2 Å². The first-order valence-corrected chi connectivity index (χ1v) is 5.89. The minimum absolute atomic E-state index is 0.00553. The molecule has 0 aliphatic carbocycles. The third-order valence-corrected chi connectivity index (χ3v) is 2.75. The lowest BCUT2D eigenvalue weighted by atomic mass is 10.0. The van der Waals surface area contributed by atoms with Gasteiger partial charge in [0.1, 0.15) is 5.82 Å². The molecule has 106 valence electrons. The number of benzene rings is 2. The van der Waals surface area contributed by atoms with Crippen LogP contribution in [0.25, 0.3) is 0 Å². The number of para-hydroxylation sites is 1. The van der Waals surface area contributed by atoms with Crippen molar-refractivity contribution in [3.63, 3.8) is 0 Å². The number of carboxylic acids is 2. The maximum atomic E-state index is 13.5. The third-order valence-electron chi connectivity index (χ3n) is 2.75. The number of carbonyl (C=O) groups is 2. The van der Waals surface area contributed by atoms with E-state index in [9.17, 15) is 14.0 Å². The molecular formula is C15H10FNO4. The van der Waals surface area contributed by atoms with Gasteiger partial charge in [0.15, 0.2) is 0 Å². The van der Waals surface area contributed by atoms with Crippen molar-refractivity contribution in [2.75, 3.05) is 0 Å². The number of carboxylic acid groups (broad SMARTS) is 2. The van der Waals surface area contributed by atoms with Crippen molar-refractivity contribution in [3.8, 4) is 0 Å². The van der Waals surface area contributed by atoms with Crippen LogP contribution in [0.3, 0.4) is 0 Å². The highest BCUT2D eigenvalue weighted by Crippen LogP contribution is 2.19. The van der Waals surface area contributed by atoms with E-state index < -0.39 is 17.8 Å². The molecular weight excluding hydrogens is 277 g/mol. The highest BCUT2D eigenvalue weighted by atomic mass is 19.1. The number of hydrogen-bond acceptors (Lipinski definition) is 3. The van der Waals surface area contributed by atoms with Gasteiger partial charge >= 0.3 is 11.9 Å². The summed E-state index contributed by atoms with van der Waals surface area (Å²) in [7, 11) is 0. The monoisotopic (exact) mass is 287 g/mol. The summed E-state index contributed by atoms with van der Waals surface area (Å²) in [5.41, 5.74) is -0.514. The Morgan fingerprint density at radius 2 is 1.52 bits per heavy atom. The molecule has 2 aromatic carbocycles. The maximum absolute atomic E-state index is 13.5. The van der Waals surface area contributed by atoms with Gasteiger partial charge in [-0.15, -0.1) is 0 Å². The topological polar surface area (TPSA) is 87.0 Å². The lowest BCUT2D eigenvalue weighted by molar-refractivity contribution is 0.0696. The second kappa shape index (κ2) is 5.96. The molecule has 0 bridgehead atoms. The summed E-state index contributed by atoms with van der Waals surface area (Å²) in [6.45, 7) is 0. The Kier molecular flexibility index (Phi) is 4.08. The first kappa shape index (κ1) is 14.4. The summed E-state index contributed by atoms with van der Waals surface area (Å²) in [4.78, 5) is 26.1. The van der Waals surface area contributed by atoms with Crippen molar-refractivity contribution in [3.05, 3.63) is 65.0 Å². The van der Waals surface area contributed by atoms with Crippen LogP contribution in [0, 0.1) is 5.82 Å². The van der Waals surface area contributed by atoms with Crippen LogP contribution in [-0.2, 0) is 0 Å². The summed E-state index contributed by atoms with van der Waals surface area (Å²) in [5.74, 6) is -3.15. The standard InChI is InChI=1S/C15H10FNO4/c16-12-6-1-2-7-13(12)17-8-11-9(14(18)19)4-3-5-10(11)15(20)21/h1-8H,(H,18,19)(H,20,21)/b17-8+. The molecule has 2 aromatic rings. The van der Waals surface area contributed by atoms with Crippen molar-refractivity contribution in [1.29, 1.82) is 0 Å². The quantitative estimate of drug-likeness (QED) is 0.846. The van der Waals surface area contributed by atoms with Crippen LogP contribution in [0.15, 0.2) is 47.5 Å². The highest BCUT2D eigenvalue weighted by Gasteiger charge is 2.16. The molecule has 21 heavy (non-hydrogen) atoms. The second-order valence-corrected chi connectivity index (χ2v) is 4.09. The molecule has 0 spiro atoms. The van der Waals surface area contributed by atoms with Gasteiger partial charge in [-0.25, -0.2) is 14.0 Å². The van der Waals surface area contributed by atoms with E-state index in [2.05, 4.69) is 4.99 Å². The van der Waals surface area contributed by atoms with E-state index in [0.717, 1.165) is 6.21 Å². The number of aromatic carboxylic acids is 2. The highest BCUT2D eigenvalue weighted by molar-refractivity contribution is 6.06. The number of nitrogens with zero attached hydrogens (tertiary/aromatic N) is 1. The molecule has 2 rings (SSSR count). The fraction of sp³-hybridized carbons (Fsp3) is 0. The predicted molar refractivity (Wildman–Crippen MR) is 74.0 cm³/mol. The second-order valence-electron chi connectivity index (χ2n) is 4.09. The van der Waals surface area contributed by atoms with Crippen LogP contribution in [0.4, 0.5) is 10.1 Å². The molecule has 0 atom stereocenters. The molecule has 0 radical (unpaired) electrons. The third kappa shape index (κ3) is 3.11. The fourth-order valence-corrected chi connectivity index (χ4v) is 1.77. The van der Waals surface area contributed by atoms with Gasteiger partial charge in [-0.1, -0.05) is 18.2 Å². The largest absolute Gasteiger partial charge is 0.478 e. The van der Waals surface area contributed by atoms with Crippen LogP contribution in [0.1, 0.15) is 26.3 Å². The van der Waals surface area contributed by atoms with E-state index in [1.807, 2.05) is 0 Å². The summed E-state index contributed by atoms with van der Waals surface area (Å²) in [6, 6.07) is 9.50. The van der Waals surface area contributed by atoms with Crippen LogP contribution in [0.2, 0.25) is 0 Å². The molecule has 0 saturated carbocycles. The van der Waals surface area contributed by atoms with Crippen molar-refractivity contribution < 1.29 is 24.2 Å². The van der Waals surface area contributed by atoms with Crippen molar-refractivity contribution in [2.45, 2.75) is 0 Å². The van der Waals surface area contributed by atoms with E-state index in [1.54, 1.807) is 6.07 Å². The minimum Gasteiger partial charge on any atom is -0.478 e. The molecule has 0 aliphatic rings. The summed E-state index contributed by atoms with van der Waals surface area (Å²) in [6.07, 6.45) is 1.05. The maximum Gasteiger partial charge on any atom is 0.336 e. The Morgan fingerprint density at radius 1 is 0.952 bits per heavy atom. The van der Waals surface area contributed by atoms with Crippen LogP contribution in [0.5, 0.6) is 0 Å². The van der Waals surface area contributed by atoms with Crippen LogP contribution in [-0.4, -0.2) is 28.4 Å². The predicted octanol–water partition coefficient (Wildman–Crippen LogP) is 2.97. The van der Waals surface area contributed by atoms with E-state index in [-0.39, 0.29) is 22.4 Å². The zero-order chi connectivity index (χ0) is 15.4. The van der Waals surface area contributed by atoms with Gasteiger partial charge in [-0.3, -0.25) is 4.99 Å². The number of hydrogen-bond donors (Lipinski definition) is 2. The number of halogens is 1. The van der Waals surface area contributed by atoms with Crippen molar-refractivity contribution in [1.82, 2.24) is 0 Å². The molecule has 2 N–H and O–H groups in total. The molecule has 5 nitrogen and oxygen atoms in total. The van der Waals surface area contributed by atoms with Gasteiger partial charge in [0.25, 0.3) is 0 Å². The van der Waals surface area contributed by atoms with Gasteiger partial charge in [0.05, 0.1) is 16.8 Å². The molecule has 0 aromatic heterocycles. The molecule has 0 aliphatic heterocycles. The summed E-state index contributed by atoms with van der Waals surface area (Å²) < 4.78 is 13.5. The average Bonchev–Trinajstić information content (AvgIpc) is 2.45. The first-order valence-electron chi connectivity index (χ1n) is 5.89. The normalized spacial score (nSPS) is 10.7. The van der Waals surface area contributed by atoms with Gasteiger partial charge in [0.2, 0.25) is 0 Å². The Morgan fingerprint density at radius 3 is 2.05 bits per heavy atom. The molecule has 0 unspecified atom stereocenters. The van der Waals surface area contributed by atoms with Gasteiger partial charge in [-0.2, -0.15) is 0 Å². The smallest absolute Gasteiger partial charge is 0.336 e. The molecule has 0 amide bonds. The number of rotatable bonds is 4. The van der Waals surface area contributed by atoms with Gasteiger partial charge in [-0.05, 0) is 24.3 Å². The summed E-state index contributed by atoms with van der Waals surface area (Å²) >= 11 is 0. The minimum atomic E-state index is -1.28. The Labute approximate surface area is 119 Å². The van der Waals surface area contributed by atoms with E-state index >= 15 is 0 Å². The van der Waals surface area contributed by atoms with Crippen LogP contribution < -0.4 is 0 Å². The molecule has 6 heteroatoms. The Hall–Kier alpha value is -3.02. The summed E-state index contributed by atoms with van der Waals surface area (Å²) in [5, 5.41) is 18.2. The number of aliphatic imine (C=N–C) groups is 1. The van der Waals surface area contributed by atoms with Gasteiger partial charge < -0.3 is 10.2 Å². The van der Waals surface area contributed by atoms with Crippen molar-refractivity contribution >= 4 is 23.8 Å². The SMILES string of the molecule is O=C(O)c1cccc(C(=O)O)c1/C=N/c1ccccc1F. The Bertz CT molecular complexity index is 708. The lowest BCUT2D eigenvalue weighted by Gasteiger charge is -2.05. The lowest BCUT2D eigenvalue weighted by Crippen LogP contribution is -2.09. The van der Waals surface area contributed by atoms with Gasteiger partial charge in [0, 0.05) is 11.8 Å². The van der Waals surface area contributed by atoms with Crippen molar-refractivity contribution in [2.24, 2.45) is 4.99 Å². The van der Waals surface area contributed by atoms with E-state index in [0.29, 0.717) is 0 Å². The zero-order valence-electron chi connectivity index (χ0n) is 10.7. The zero-order valence-corrected chi connectivity index (χ0v) is 10.7. The Balaban J connectivity index is 2.55. The molecule has 0 fully saturated rings.